The van der Waals surface area contributed by atoms with E-state index in [1.54, 1.807) is 31.2 Å². The van der Waals surface area contributed by atoms with E-state index in [1.165, 1.54) is 0 Å². The van der Waals surface area contributed by atoms with Crippen LogP contribution in [0.2, 0.25) is 10.0 Å². The third-order valence-electron chi connectivity index (χ3n) is 3.56. The molecule has 0 aliphatic carbocycles. The van der Waals surface area contributed by atoms with E-state index in [9.17, 15) is 9.59 Å². The van der Waals surface area contributed by atoms with Gasteiger partial charge in [0, 0.05) is 15.2 Å². The Morgan fingerprint density at radius 2 is 1.83 bits per heavy atom. The molecule has 2 N–H and O–H groups in total. The van der Waals surface area contributed by atoms with Gasteiger partial charge in [0.25, 0.3) is 5.91 Å². The predicted molar refractivity (Wildman–Crippen MR) is 123 cm³/mol. The molecule has 10 heteroatoms. The first-order chi connectivity index (χ1) is 13.7. The Labute approximate surface area is 195 Å². The van der Waals surface area contributed by atoms with Crippen molar-refractivity contribution >= 4 is 78.3 Å². The summed E-state index contributed by atoms with van der Waals surface area (Å²) in [5.41, 5.74) is 4.15. The largest absolute Gasteiger partial charge is 0.483 e. The molecule has 0 radical (unpaired) electrons. The molecule has 6 nitrogen and oxygen atoms in total. The molecule has 154 valence electrons. The van der Waals surface area contributed by atoms with Crippen LogP contribution in [0.4, 0.5) is 5.69 Å². The molecule has 2 aromatic rings. The molecule has 29 heavy (non-hydrogen) atoms. The molecule has 0 spiro atoms. The van der Waals surface area contributed by atoms with Gasteiger partial charge in [0.05, 0.1) is 21.6 Å². The topological polar surface area (TPSA) is 79.8 Å². The average molecular weight is 566 g/mol. The number of carbonyl (C=O) groups excluding carboxylic acids is 2. The maximum absolute atomic E-state index is 12.1. The van der Waals surface area contributed by atoms with E-state index < -0.39 is 5.91 Å². The van der Waals surface area contributed by atoms with E-state index in [4.69, 9.17) is 27.9 Å². The van der Waals surface area contributed by atoms with Crippen molar-refractivity contribution in [3.05, 3.63) is 54.9 Å². The van der Waals surface area contributed by atoms with Crippen LogP contribution < -0.4 is 15.5 Å². The third kappa shape index (κ3) is 7.62. The van der Waals surface area contributed by atoms with Gasteiger partial charge in [-0.15, -0.1) is 0 Å². The minimum Gasteiger partial charge on any atom is -0.483 e. The number of ether oxygens (including phenoxy) is 1. The highest BCUT2D eigenvalue weighted by molar-refractivity contribution is 9.11. The molecule has 2 aromatic carbocycles. The minimum absolute atomic E-state index is 0.0264. The fraction of sp³-hybridized carbons (Fsp3) is 0.211. The summed E-state index contributed by atoms with van der Waals surface area (Å²) in [4.78, 5) is 24.0. The van der Waals surface area contributed by atoms with Crippen LogP contribution in [-0.4, -0.2) is 24.1 Å². The smallest absolute Gasteiger partial charge is 0.277 e. The summed E-state index contributed by atoms with van der Waals surface area (Å²) in [7, 11) is 0. The molecule has 0 fully saturated rings. The van der Waals surface area contributed by atoms with Crippen molar-refractivity contribution in [3.8, 4) is 5.75 Å². The Morgan fingerprint density at radius 1 is 1.10 bits per heavy atom. The fourth-order valence-corrected chi connectivity index (χ4v) is 3.58. The summed E-state index contributed by atoms with van der Waals surface area (Å²) in [6.07, 6.45) is -0.0264. The van der Waals surface area contributed by atoms with Crippen LogP contribution in [0.1, 0.15) is 18.9 Å². The molecule has 0 atom stereocenters. The Balaban J connectivity index is 1.84. The number of nitrogens with zero attached hydrogens (tertiary/aromatic N) is 1. The zero-order valence-corrected chi connectivity index (χ0v) is 20.2. The van der Waals surface area contributed by atoms with Crippen molar-refractivity contribution in [1.82, 2.24) is 5.43 Å². The van der Waals surface area contributed by atoms with Crippen LogP contribution in [0.15, 0.2) is 44.4 Å². The van der Waals surface area contributed by atoms with Crippen LogP contribution in [0.5, 0.6) is 5.75 Å². The molecule has 0 heterocycles. The van der Waals surface area contributed by atoms with Gasteiger partial charge in [-0.1, -0.05) is 39.1 Å². The number of benzene rings is 2. The molecular formula is C19H17Br2Cl2N3O3. The first kappa shape index (κ1) is 23.7. The monoisotopic (exact) mass is 563 g/mol. The number of amides is 2. The number of hydrazone groups is 1. The lowest BCUT2D eigenvalue weighted by Crippen LogP contribution is -2.26. The molecule has 0 saturated carbocycles. The maximum atomic E-state index is 12.1. The Kier molecular flexibility index (Phi) is 8.95. The SMILES string of the molecule is C/C(CC(=O)Nc1cc(Cl)ccc1Cl)=N/NC(=O)COc1cc(C)c(Br)cc1Br. The molecular weight excluding hydrogens is 549 g/mol. The predicted octanol–water partition coefficient (Wildman–Crippen LogP) is 5.73. The van der Waals surface area contributed by atoms with Gasteiger partial charge in [-0.2, -0.15) is 5.10 Å². The number of hydrogen-bond donors (Lipinski definition) is 2. The lowest BCUT2D eigenvalue weighted by atomic mass is 10.2. The molecule has 2 rings (SSSR count). The van der Waals surface area contributed by atoms with Crippen molar-refractivity contribution in [2.75, 3.05) is 11.9 Å². The Hall–Kier alpha value is -1.61. The second-order valence-electron chi connectivity index (χ2n) is 6.05. The van der Waals surface area contributed by atoms with Gasteiger partial charge in [-0.3, -0.25) is 9.59 Å². The maximum Gasteiger partial charge on any atom is 0.277 e. The van der Waals surface area contributed by atoms with Crippen molar-refractivity contribution in [2.24, 2.45) is 5.10 Å². The highest BCUT2D eigenvalue weighted by Gasteiger charge is 2.10. The lowest BCUT2D eigenvalue weighted by Gasteiger charge is -2.10. The highest BCUT2D eigenvalue weighted by atomic mass is 79.9. The first-order valence-electron chi connectivity index (χ1n) is 8.31. The van der Waals surface area contributed by atoms with Gasteiger partial charge in [0.1, 0.15) is 5.75 Å². The lowest BCUT2D eigenvalue weighted by molar-refractivity contribution is -0.123. The van der Waals surface area contributed by atoms with E-state index >= 15 is 0 Å². The van der Waals surface area contributed by atoms with E-state index in [-0.39, 0.29) is 18.9 Å². The quantitative estimate of drug-likeness (QED) is 0.332. The second-order valence-corrected chi connectivity index (χ2v) is 8.60. The highest BCUT2D eigenvalue weighted by Crippen LogP contribution is 2.31. The normalized spacial score (nSPS) is 11.2. The number of halogens is 4. The van der Waals surface area contributed by atoms with Crippen LogP contribution in [0, 0.1) is 6.92 Å². The van der Waals surface area contributed by atoms with Crippen LogP contribution in [-0.2, 0) is 9.59 Å². The van der Waals surface area contributed by atoms with Crippen molar-refractivity contribution in [2.45, 2.75) is 20.3 Å². The summed E-state index contributed by atoms with van der Waals surface area (Å²) in [5.74, 6) is -0.246. The standard InChI is InChI=1S/C19H17Br2Cl2N3O3/c1-10-5-17(14(21)8-13(10)20)29-9-19(28)26-25-11(2)6-18(27)24-16-7-12(22)3-4-15(16)23/h3-5,7-8H,6,9H2,1-2H3,(H,24,27)(H,26,28)/b25-11-. The van der Waals surface area contributed by atoms with Crippen molar-refractivity contribution < 1.29 is 14.3 Å². The van der Waals surface area contributed by atoms with Gasteiger partial charge in [-0.05, 0) is 65.7 Å². The zero-order valence-electron chi connectivity index (χ0n) is 15.5. The summed E-state index contributed by atoms with van der Waals surface area (Å²) in [6.45, 7) is 3.31. The van der Waals surface area contributed by atoms with Crippen LogP contribution >= 0.6 is 55.1 Å². The van der Waals surface area contributed by atoms with E-state index in [0.29, 0.717) is 27.2 Å². The van der Waals surface area contributed by atoms with Crippen molar-refractivity contribution in [1.29, 1.82) is 0 Å². The molecule has 0 bridgehead atoms. The number of carbonyl (C=O) groups is 2. The third-order valence-corrected chi connectivity index (χ3v) is 5.60. The van der Waals surface area contributed by atoms with Crippen LogP contribution in [0.25, 0.3) is 0 Å². The van der Waals surface area contributed by atoms with Crippen LogP contribution in [0.3, 0.4) is 0 Å². The Morgan fingerprint density at radius 3 is 2.55 bits per heavy atom. The van der Waals surface area contributed by atoms with E-state index in [2.05, 4.69) is 47.7 Å². The summed E-state index contributed by atoms with van der Waals surface area (Å²) < 4.78 is 7.15. The number of rotatable bonds is 7. The molecule has 0 saturated heterocycles. The Bertz CT molecular complexity index is 968. The second kappa shape index (κ2) is 11.0. The molecule has 0 unspecified atom stereocenters. The van der Waals surface area contributed by atoms with Gasteiger partial charge in [0.2, 0.25) is 5.91 Å². The van der Waals surface area contributed by atoms with E-state index in [1.807, 2.05) is 13.0 Å². The van der Waals surface area contributed by atoms with Gasteiger partial charge in [-0.25, -0.2) is 5.43 Å². The fourth-order valence-electron chi connectivity index (χ4n) is 2.13. The first-order valence-corrected chi connectivity index (χ1v) is 10.6. The summed E-state index contributed by atoms with van der Waals surface area (Å²) in [6, 6.07) is 8.41. The number of anilines is 1. The number of aryl methyl sites for hydroxylation is 1. The number of nitrogens with one attached hydrogen (secondary N) is 2. The molecule has 0 aromatic heterocycles. The number of hydrogen-bond acceptors (Lipinski definition) is 4. The van der Waals surface area contributed by atoms with E-state index in [0.717, 1.165) is 14.5 Å². The van der Waals surface area contributed by atoms with Gasteiger partial charge in [0.15, 0.2) is 6.61 Å². The molecule has 0 aliphatic heterocycles. The molecule has 0 aliphatic rings. The van der Waals surface area contributed by atoms with Gasteiger partial charge >= 0.3 is 0 Å². The van der Waals surface area contributed by atoms with Crippen molar-refractivity contribution in [3.63, 3.8) is 0 Å². The average Bonchev–Trinajstić information content (AvgIpc) is 2.64. The summed E-state index contributed by atoms with van der Waals surface area (Å²) in [5, 5.41) is 7.39. The minimum atomic E-state index is -0.449. The summed E-state index contributed by atoms with van der Waals surface area (Å²) >= 11 is 18.7. The molecule has 2 amide bonds. The van der Waals surface area contributed by atoms with Gasteiger partial charge < -0.3 is 10.1 Å². The zero-order chi connectivity index (χ0) is 21.6.